The summed E-state index contributed by atoms with van der Waals surface area (Å²) in [5.74, 6) is 2.92. The van der Waals surface area contributed by atoms with Gasteiger partial charge in [-0.1, -0.05) is 76.2 Å². The molecule has 4 rings (SSSR count). The lowest BCUT2D eigenvalue weighted by molar-refractivity contribution is 0.317. The Balaban J connectivity index is 1.64. The maximum atomic E-state index is 5.75. The number of aromatic nitrogens is 2. The second-order valence-corrected chi connectivity index (χ2v) is 9.10. The third-order valence-corrected chi connectivity index (χ3v) is 5.93. The van der Waals surface area contributed by atoms with E-state index < -0.39 is 0 Å². The summed E-state index contributed by atoms with van der Waals surface area (Å²) in [6, 6.07) is 26.0. The summed E-state index contributed by atoms with van der Waals surface area (Å²) in [5, 5.41) is 0. The zero-order valence-corrected chi connectivity index (χ0v) is 19.7. The highest BCUT2D eigenvalue weighted by Crippen LogP contribution is 2.29. The fourth-order valence-electron chi connectivity index (χ4n) is 4.25. The number of imidazole rings is 1. The average molecular weight is 427 g/mol. The van der Waals surface area contributed by atoms with Crippen molar-refractivity contribution < 1.29 is 4.74 Å². The Hall–Kier alpha value is -3.07. The van der Waals surface area contributed by atoms with Crippen LogP contribution in [0.5, 0.6) is 5.75 Å². The van der Waals surface area contributed by atoms with E-state index in [0.717, 1.165) is 43.1 Å². The van der Waals surface area contributed by atoms with Crippen LogP contribution in [0.2, 0.25) is 0 Å². The molecule has 0 saturated heterocycles. The van der Waals surface area contributed by atoms with Gasteiger partial charge in [0.05, 0.1) is 17.6 Å². The first-order valence-electron chi connectivity index (χ1n) is 11.8. The molecule has 0 radical (unpaired) electrons. The highest BCUT2D eigenvalue weighted by Gasteiger charge is 2.18. The molecule has 4 aromatic rings. The van der Waals surface area contributed by atoms with Crippen molar-refractivity contribution in [3.63, 3.8) is 0 Å². The first-order chi connectivity index (χ1) is 15.5. The number of hydrogen-bond acceptors (Lipinski definition) is 2. The van der Waals surface area contributed by atoms with Gasteiger partial charge in [-0.3, -0.25) is 0 Å². The van der Waals surface area contributed by atoms with E-state index in [0.29, 0.717) is 5.92 Å². The molecule has 0 unspecified atom stereocenters. The van der Waals surface area contributed by atoms with Gasteiger partial charge < -0.3 is 9.30 Å². The molecule has 0 aliphatic carbocycles. The highest BCUT2D eigenvalue weighted by atomic mass is 16.5. The van der Waals surface area contributed by atoms with E-state index in [1.165, 1.54) is 22.2 Å². The van der Waals surface area contributed by atoms with Crippen molar-refractivity contribution in [3.8, 4) is 5.75 Å². The predicted molar refractivity (Wildman–Crippen MR) is 134 cm³/mol. The molecule has 0 N–H and O–H groups in total. The molecule has 0 bridgehead atoms. The number of nitrogens with zero attached hydrogens (tertiary/aromatic N) is 2. The van der Waals surface area contributed by atoms with E-state index in [9.17, 15) is 0 Å². The molecule has 0 fully saturated rings. The molecule has 0 saturated carbocycles. The predicted octanol–water partition coefficient (Wildman–Crippen LogP) is 7.22. The smallest absolute Gasteiger partial charge is 0.119 e. The van der Waals surface area contributed by atoms with Crippen molar-refractivity contribution in [2.45, 2.75) is 53.0 Å². The van der Waals surface area contributed by atoms with Gasteiger partial charge in [-0.25, -0.2) is 4.98 Å². The van der Waals surface area contributed by atoms with Crippen LogP contribution in [0, 0.1) is 5.92 Å². The number of ether oxygens (including phenoxy) is 1. The van der Waals surface area contributed by atoms with Gasteiger partial charge in [-0.15, -0.1) is 0 Å². The molecule has 0 aliphatic heterocycles. The fourth-order valence-corrected chi connectivity index (χ4v) is 4.25. The minimum Gasteiger partial charge on any atom is -0.494 e. The normalized spacial score (nSPS) is 12.4. The van der Waals surface area contributed by atoms with Crippen LogP contribution in [-0.2, 0) is 13.0 Å². The van der Waals surface area contributed by atoms with Gasteiger partial charge in [0, 0.05) is 12.5 Å². The van der Waals surface area contributed by atoms with Crippen LogP contribution < -0.4 is 4.74 Å². The van der Waals surface area contributed by atoms with Gasteiger partial charge in [0.2, 0.25) is 0 Å². The van der Waals surface area contributed by atoms with Crippen molar-refractivity contribution in [2.75, 3.05) is 6.61 Å². The number of rotatable bonds is 9. The molecule has 3 aromatic carbocycles. The van der Waals surface area contributed by atoms with Gasteiger partial charge in [-0.05, 0) is 59.7 Å². The van der Waals surface area contributed by atoms with Crippen molar-refractivity contribution in [3.05, 3.63) is 95.3 Å². The van der Waals surface area contributed by atoms with Crippen LogP contribution in [0.15, 0.2) is 72.8 Å². The second-order valence-electron chi connectivity index (χ2n) is 9.10. The SMILES string of the molecule is CCCOc1ccc(Cn2c([C@@H](C)c3ccc(CC(C)C)cc3)nc3ccccc32)cc1. The third-order valence-electron chi connectivity index (χ3n) is 5.93. The standard InChI is InChI=1S/C29H34N2O/c1-5-18-32-26-16-12-24(13-17-26)20-31-28-9-7-6-8-27(28)30-29(31)22(4)25-14-10-23(11-15-25)19-21(2)3/h6-17,21-22H,5,18-20H2,1-4H3/t22-/m0/s1. The fraction of sp³-hybridized carbons (Fsp3) is 0.345. The Bertz CT molecular complexity index is 1140. The summed E-state index contributed by atoms with van der Waals surface area (Å²) in [5.41, 5.74) is 6.18. The average Bonchev–Trinajstić information content (AvgIpc) is 3.16. The molecule has 0 amide bonds. The lowest BCUT2D eigenvalue weighted by Gasteiger charge is -2.16. The Morgan fingerprint density at radius 1 is 0.844 bits per heavy atom. The molecule has 3 nitrogen and oxygen atoms in total. The topological polar surface area (TPSA) is 27.1 Å². The van der Waals surface area contributed by atoms with E-state index in [1.807, 2.05) is 0 Å². The van der Waals surface area contributed by atoms with Crippen molar-refractivity contribution >= 4 is 11.0 Å². The minimum atomic E-state index is 0.211. The summed E-state index contributed by atoms with van der Waals surface area (Å²) < 4.78 is 8.11. The van der Waals surface area contributed by atoms with E-state index in [2.05, 4.69) is 105 Å². The quantitative estimate of drug-likeness (QED) is 0.282. The number of para-hydroxylation sites is 2. The number of fused-ring (bicyclic) bond motifs is 1. The second kappa shape index (κ2) is 10.0. The third kappa shape index (κ3) is 5.04. The number of hydrogen-bond donors (Lipinski definition) is 0. The summed E-state index contributed by atoms with van der Waals surface area (Å²) in [4.78, 5) is 5.05. The van der Waals surface area contributed by atoms with Crippen molar-refractivity contribution in [1.29, 1.82) is 0 Å². The molecule has 0 aliphatic rings. The van der Waals surface area contributed by atoms with Gasteiger partial charge in [0.1, 0.15) is 11.6 Å². The van der Waals surface area contributed by atoms with E-state index >= 15 is 0 Å². The number of benzene rings is 3. The van der Waals surface area contributed by atoms with Gasteiger partial charge in [0.25, 0.3) is 0 Å². The molecule has 1 atom stereocenters. The Morgan fingerprint density at radius 2 is 1.53 bits per heavy atom. The molecule has 1 aromatic heterocycles. The van der Waals surface area contributed by atoms with Gasteiger partial charge >= 0.3 is 0 Å². The summed E-state index contributed by atoms with van der Waals surface area (Å²) in [6.07, 6.45) is 2.13. The summed E-state index contributed by atoms with van der Waals surface area (Å²) >= 11 is 0. The Kier molecular flexibility index (Phi) is 6.94. The molecule has 166 valence electrons. The maximum absolute atomic E-state index is 5.75. The van der Waals surface area contributed by atoms with Crippen LogP contribution in [0.3, 0.4) is 0 Å². The van der Waals surface area contributed by atoms with Crippen LogP contribution in [0.1, 0.15) is 62.5 Å². The molecular formula is C29H34N2O. The van der Waals surface area contributed by atoms with E-state index in [4.69, 9.17) is 9.72 Å². The van der Waals surface area contributed by atoms with Crippen LogP contribution >= 0.6 is 0 Å². The Morgan fingerprint density at radius 3 is 2.22 bits per heavy atom. The first kappa shape index (κ1) is 22.1. The van der Waals surface area contributed by atoms with Gasteiger partial charge in [-0.2, -0.15) is 0 Å². The zero-order valence-electron chi connectivity index (χ0n) is 19.7. The molecule has 32 heavy (non-hydrogen) atoms. The minimum absolute atomic E-state index is 0.211. The maximum Gasteiger partial charge on any atom is 0.119 e. The van der Waals surface area contributed by atoms with Crippen molar-refractivity contribution in [1.82, 2.24) is 9.55 Å². The monoisotopic (exact) mass is 426 g/mol. The summed E-state index contributed by atoms with van der Waals surface area (Å²) in [7, 11) is 0. The first-order valence-corrected chi connectivity index (χ1v) is 11.8. The largest absolute Gasteiger partial charge is 0.494 e. The van der Waals surface area contributed by atoms with E-state index in [1.54, 1.807) is 0 Å². The van der Waals surface area contributed by atoms with Crippen LogP contribution in [0.4, 0.5) is 0 Å². The Labute approximate surface area is 192 Å². The van der Waals surface area contributed by atoms with Gasteiger partial charge in [0.15, 0.2) is 0 Å². The summed E-state index contributed by atoms with van der Waals surface area (Å²) in [6.45, 7) is 10.5. The molecular weight excluding hydrogens is 392 g/mol. The zero-order chi connectivity index (χ0) is 22.5. The lowest BCUT2D eigenvalue weighted by Crippen LogP contribution is -2.09. The molecule has 0 spiro atoms. The van der Waals surface area contributed by atoms with E-state index in [-0.39, 0.29) is 5.92 Å². The molecule has 1 heterocycles. The lowest BCUT2D eigenvalue weighted by atomic mass is 9.96. The van der Waals surface area contributed by atoms with Crippen LogP contribution in [0.25, 0.3) is 11.0 Å². The highest BCUT2D eigenvalue weighted by molar-refractivity contribution is 5.76. The van der Waals surface area contributed by atoms with Crippen molar-refractivity contribution in [2.24, 2.45) is 5.92 Å². The molecule has 3 heteroatoms. The van der Waals surface area contributed by atoms with Crippen LogP contribution in [-0.4, -0.2) is 16.2 Å².